The van der Waals surface area contributed by atoms with Gasteiger partial charge in [-0.25, -0.2) is 8.42 Å². The Kier molecular flexibility index (Phi) is 6.26. The van der Waals surface area contributed by atoms with Gasteiger partial charge in [-0.3, -0.25) is 0 Å². The van der Waals surface area contributed by atoms with Crippen molar-refractivity contribution in [1.29, 1.82) is 0 Å². The van der Waals surface area contributed by atoms with Crippen molar-refractivity contribution in [1.82, 2.24) is 14.5 Å². The molecule has 0 amide bonds. The van der Waals surface area contributed by atoms with E-state index in [1.165, 1.54) is 19.4 Å². The molecular weight excluding hydrogens is 274 g/mol. The molecule has 1 saturated carbocycles. The van der Waals surface area contributed by atoms with E-state index in [9.17, 15) is 8.42 Å². The Morgan fingerprint density at radius 1 is 1.10 bits per heavy atom. The number of nitrogens with zero attached hydrogens (tertiary/aromatic N) is 2. The molecule has 1 aliphatic carbocycles. The van der Waals surface area contributed by atoms with E-state index in [-0.39, 0.29) is 0 Å². The zero-order valence-corrected chi connectivity index (χ0v) is 13.5. The lowest BCUT2D eigenvalue weighted by molar-refractivity contribution is 0.182. The van der Waals surface area contributed by atoms with Gasteiger partial charge in [0.15, 0.2) is 0 Å². The number of sulfonamides is 1. The molecule has 0 radical (unpaired) electrons. The molecule has 0 spiro atoms. The van der Waals surface area contributed by atoms with Gasteiger partial charge in [0.1, 0.15) is 0 Å². The number of hydrogen-bond acceptors (Lipinski definition) is 4. The first kappa shape index (κ1) is 16.2. The summed E-state index contributed by atoms with van der Waals surface area (Å²) in [5, 5.41) is 3.23. The number of nitrogens with one attached hydrogen (secondary N) is 1. The van der Waals surface area contributed by atoms with E-state index in [0.717, 1.165) is 44.9 Å². The zero-order chi connectivity index (χ0) is 14.4. The number of unbranched alkanes of at least 4 members (excludes halogenated alkanes) is 1. The van der Waals surface area contributed by atoms with Crippen LogP contribution < -0.4 is 5.32 Å². The topological polar surface area (TPSA) is 52.7 Å². The summed E-state index contributed by atoms with van der Waals surface area (Å²) in [6.07, 6.45) is 4.43. The van der Waals surface area contributed by atoms with Crippen LogP contribution in [0.4, 0.5) is 0 Å². The highest BCUT2D eigenvalue weighted by Crippen LogP contribution is 2.30. The summed E-state index contributed by atoms with van der Waals surface area (Å²) in [6.45, 7) is 8.30. The molecular formula is C14H29N3O2S. The van der Waals surface area contributed by atoms with Gasteiger partial charge >= 0.3 is 0 Å². The predicted octanol–water partition coefficient (Wildman–Crippen LogP) is 0.734. The molecule has 0 bridgehead atoms. The van der Waals surface area contributed by atoms with Crippen LogP contribution in [-0.2, 0) is 10.0 Å². The van der Waals surface area contributed by atoms with Crippen molar-refractivity contribution in [2.75, 3.05) is 51.6 Å². The Morgan fingerprint density at radius 3 is 2.40 bits per heavy atom. The standard InChI is InChI=1S/C14H29N3O2S/c1-2-15-7-3-4-12-20(18,19)17-10-8-16(9-11-17)13-14-5-6-14/h14-15H,2-13H2,1H3. The van der Waals surface area contributed by atoms with Crippen LogP contribution in [0.15, 0.2) is 0 Å². The van der Waals surface area contributed by atoms with Crippen LogP contribution >= 0.6 is 0 Å². The second-order valence-corrected chi connectivity index (χ2v) is 8.11. The lowest BCUT2D eigenvalue weighted by Crippen LogP contribution is -2.49. The summed E-state index contributed by atoms with van der Waals surface area (Å²) in [5.74, 6) is 1.20. The van der Waals surface area contributed by atoms with E-state index in [1.54, 1.807) is 4.31 Å². The van der Waals surface area contributed by atoms with Gasteiger partial charge in [-0.05, 0) is 44.7 Å². The summed E-state index contributed by atoms with van der Waals surface area (Å²) < 4.78 is 26.2. The molecule has 1 N–H and O–H groups in total. The first-order chi connectivity index (χ1) is 9.62. The fraction of sp³-hybridized carbons (Fsp3) is 1.00. The Balaban J connectivity index is 1.65. The molecule has 2 rings (SSSR count). The van der Waals surface area contributed by atoms with Crippen molar-refractivity contribution >= 4 is 10.0 Å². The highest BCUT2D eigenvalue weighted by molar-refractivity contribution is 7.89. The maximum absolute atomic E-state index is 12.2. The van der Waals surface area contributed by atoms with Gasteiger partial charge in [0.05, 0.1) is 5.75 Å². The molecule has 20 heavy (non-hydrogen) atoms. The molecule has 1 aliphatic heterocycles. The Labute approximate surface area is 123 Å². The van der Waals surface area contributed by atoms with Gasteiger partial charge in [0.2, 0.25) is 10.0 Å². The zero-order valence-electron chi connectivity index (χ0n) is 12.7. The monoisotopic (exact) mass is 303 g/mol. The van der Waals surface area contributed by atoms with E-state index < -0.39 is 10.0 Å². The first-order valence-corrected chi connectivity index (χ1v) is 9.63. The highest BCUT2D eigenvalue weighted by atomic mass is 32.2. The average molecular weight is 303 g/mol. The molecule has 2 fully saturated rings. The van der Waals surface area contributed by atoms with E-state index >= 15 is 0 Å². The van der Waals surface area contributed by atoms with Crippen LogP contribution in [0.3, 0.4) is 0 Å². The second kappa shape index (κ2) is 7.73. The van der Waals surface area contributed by atoms with E-state index in [4.69, 9.17) is 0 Å². The first-order valence-electron chi connectivity index (χ1n) is 8.02. The Hall–Kier alpha value is -0.170. The molecule has 5 nitrogen and oxygen atoms in total. The second-order valence-electron chi connectivity index (χ2n) is 6.02. The molecule has 118 valence electrons. The Bertz CT molecular complexity index is 374. The van der Waals surface area contributed by atoms with Crippen molar-refractivity contribution in [3.8, 4) is 0 Å². The predicted molar refractivity (Wildman–Crippen MR) is 82.3 cm³/mol. The molecule has 0 aromatic carbocycles. The summed E-state index contributed by atoms with van der Waals surface area (Å²) in [6, 6.07) is 0. The van der Waals surface area contributed by atoms with Gasteiger partial charge < -0.3 is 10.2 Å². The minimum atomic E-state index is -3.03. The summed E-state index contributed by atoms with van der Waals surface area (Å²) in [4.78, 5) is 2.43. The molecule has 1 saturated heterocycles. The maximum Gasteiger partial charge on any atom is 0.214 e. The van der Waals surface area contributed by atoms with Gasteiger partial charge in [0.25, 0.3) is 0 Å². The van der Waals surface area contributed by atoms with Gasteiger partial charge in [-0.1, -0.05) is 6.92 Å². The molecule has 6 heteroatoms. The van der Waals surface area contributed by atoms with Crippen LogP contribution in [0.1, 0.15) is 32.6 Å². The lowest BCUT2D eigenvalue weighted by Gasteiger charge is -2.34. The SMILES string of the molecule is CCNCCCCS(=O)(=O)N1CCN(CC2CC2)CC1. The third kappa shape index (κ3) is 5.31. The minimum Gasteiger partial charge on any atom is -0.317 e. The molecule has 0 atom stereocenters. The van der Waals surface area contributed by atoms with Crippen molar-refractivity contribution in [3.05, 3.63) is 0 Å². The van der Waals surface area contributed by atoms with Crippen LogP contribution in [0.5, 0.6) is 0 Å². The Morgan fingerprint density at radius 2 is 1.80 bits per heavy atom. The van der Waals surface area contributed by atoms with Gasteiger partial charge in [-0.2, -0.15) is 4.31 Å². The van der Waals surface area contributed by atoms with Crippen LogP contribution in [-0.4, -0.2) is 69.2 Å². The van der Waals surface area contributed by atoms with Crippen LogP contribution in [0.2, 0.25) is 0 Å². The summed E-state index contributed by atoms with van der Waals surface area (Å²) >= 11 is 0. The average Bonchev–Trinajstić information content (AvgIpc) is 3.23. The van der Waals surface area contributed by atoms with Crippen LogP contribution in [0, 0.1) is 5.92 Å². The van der Waals surface area contributed by atoms with E-state index in [0.29, 0.717) is 18.8 Å². The molecule has 0 aromatic rings. The fourth-order valence-corrected chi connectivity index (χ4v) is 4.24. The van der Waals surface area contributed by atoms with E-state index in [1.807, 2.05) is 0 Å². The van der Waals surface area contributed by atoms with Crippen molar-refractivity contribution in [2.24, 2.45) is 5.92 Å². The number of rotatable bonds is 9. The van der Waals surface area contributed by atoms with Crippen molar-refractivity contribution in [2.45, 2.75) is 32.6 Å². The van der Waals surface area contributed by atoms with Crippen molar-refractivity contribution < 1.29 is 8.42 Å². The van der Waals surface area contributed by atoms with Gasteiger partial charge in [0, 0.05) is 32.7 Å². The fourth-order valence-electron chi connectivity index (χ4n) is 2.70. The van der Waals surface area contributed by atoms with E-state index in [2.05, 4.69) is 17.1 Å². The highest BCUT2D eigenvalue weighted by Gasteiger charge is 2.29. The third-order valence-corrected chi connectivity index (χ3v) is 6.15. The summed E-state index contributed by atoms with van der Waals surface area (Å²) in [7, 11) is -3.03. The smallest absolute Gasteiger partial charge is 0.214 e. The van der Waals surface area contributed by atoms with Crippen molar-refractivity contribution in [3.63, 3.8) is 0 Å². The molecule has 0 aromatic heterocycles. The minimum absolute atomic E-state index is 0.307. The van der Waals surface area contributed by atoms with Crippen LogP contribution in [0.25, 0.3) is 0 Å². The molecule has 0 unspecified atom stereocenters. The summed E-state index contributed by atoms with van der Waals surface area (Å²) in [5.41, 5.74) is 0. The normalized spacial score (nSPS) is 22.2. The lowest BCUT2D eigenvalue weighted by atomic mass is 10.3. The molecule has 1 heterocycles. The largest absolute Gasteiger partial charge is 0.317 e. The van der Waals surface area contributed by atoms with Gasteiger partial charge in [-0.15, -0.1) is 0 Å². The maximum atomic E-state index is 12.2. The number of piperazine rings is 1. The number of hydrogen-bond donors (Lipinski definition) is 1. The molecule has 2 aliphatic rings. The quantitative estimate of drug-likeness (QED) is 0.638. The third-order valence-electron chi connectivity index (χ3n) is 4.19.